The van der Waals surface area contributed by atoms with Gasteiger partial charge in [0.1, 0.15) is 11.5 Å². The molecule has 0 aliphatic rings. The second-order valence-corrected chi connectivity index (χ2v) is 7.46. The Morgan fingerprint density at radius 3 is 1.25 bits per heavy atom. The third-order valence-corrected chi connectivity index (χ3v) is 4.76. The van der Waals surface area contributed by atoms with Crippen molar-refractivity contribution in [1.29, 1.82) is 0 Å². The van der Waals surface area contributed by atoms with Crippen LogP contribution in [-0.2, 0) is 9.59 Å². The molecule has 28 heavy (non-hydrogen) atoms. The molecule has 0 saturated heterocycles. The van der Waals surface area contributed by atoms with Gasteiger partial charge in [0.2, 0.25) is 0 Å². The molecule has 0 atom stereocenters. The zero-order chi connectivity index (χ0) is 20.5. The minimum atomic E-state index is -0.205. The summed E-state index contributed by atoms with van der Waals surface area (Å²) in [5, 5.41) is 0. The standard InChI is InChI=1S/C24H38O4/c1-3-5-7-9-11-13-15-23(25)27-21-17-19-22(20-18-21)28-24(26)16-14-12-10-8-6-4-2/h17-20H,3-16H2,1-2H3. The SMILES string of the molecule is CCCCCCCCC(=O)Oc1ccc(OC(=O)CCCCCCCC)cc1. The number of unbranched alkanes of at least 4 members (excludes halogenated alkanes) is 10. The summed E-state index contributed by atoms with van der Waals surface area (Å²) in [6.45, 7) is 4.39. The molecule has 0 radical (unpaired) electrons. The third kappa shape index (κ3) is 12.5. The molecule has 1 aromatic carbocycles. The van der Waals surface area contributed by atoms with Gasteiger partial charge in [0, 0.05) is 12.8 Å². The van der Waals surface area contributed by atoms with E-state index in [1.807, 2.05) is 0 Å². The molecule has 1 rings (SSSR count). The van der Waals surface area contributed by atoms with Gasteiger partial charge >= 0.3 is 11.9 Å². The molecule has 0 N–H and O–H groups in total. The quantitative estimate of drug-likeness (QED) is 0.173. The maximum atomic E-state index is 11.9. The van der Waals surface area contributed by atoms with Crippen molar-refractivity contribution in [3.8, 4) is 11.5 Å². The number of rotatable bonds is 16. The summed E-state index contributed by atoms with van der Waals surface area (Å²) >= 11 is 0. The second kappa shape index (κ2) is 16.1. The van der Waals surface area contributed by atoms with E-state index in [9.17, 15) is 9.59 Å². The molecule has 0 aliphatic carbocycles. The average Bonchev–Trinajstić information content (AvgIpc) is 2.69. The van der Waals surface area contributed by atoms with Crippen molar-refractivity contribution in [2.24, 2.45) is 0 Å². The van der Waals surface area contributed by atoms with Crippen molar-refractivity contribution in [3.05, 3.63) is 24.3 Å². The fourth-order valence-corrected chi connectivity index (χ4v) is 3.04. The molecule has 0 amide bonds. The summed E-state index contributed by atoms with van der Waals surface area (Å²) in [5.41, 5.74) is 0. The van der Waals surface area contributed by atoms with Gasteiger partial charge in [-0.15, -0.1) is 0 Å². The first kappa shape index (κ1) is 24.2. The van der Waals surface area contributed by atoms with E-state index in [2.05, 4.69) is 13.8 Å². The van der Waals surface area contributed by atoms with Crippen molar-refractivity contribution in [2.75, 3.05) is 0 Å². The molecular weight excluding hydrogens is 352 g/mol. The second-order valence-electron chi connectivity index (χ2n) is 7.46. The maximum Gasteiger partial charge on any atom is 0.311 e. The van der Waals surface area contributed by atoms with Crippen LogP contribution in [0.3, 0.4) is 0 Å². The smallest absolute Gasteiger partial charge is 0.311 e. The summed E-state index contributed by atoms with van der Waals surface area (Å²) in [5.74, 6) is 0.574. The monoisotopic (exact) mass is 390 g/mol. The Labute approximate surface area is 171 Å². The summed E-state index contributed by atoms with van der Waals surface area (Å²) in [7, 11) is 0. The number of ether oxygens (including phenoxy) is 2. The molecule has 158 valence electrons. The van der Waals surface area contributed by atoms with Crippen molar-refractivity contribution < 1.29 is 19.1 Å². The number of carbonyl (C=O) groups is 2. The molecule has 0 unspecified atom stereocenters. The van der Waals surface area contributed by atoms with E-state index in [1.165, 1.54) is 51.4 Å². The van der Waals surface area contributed by atoms with Crippen LogP contribution in [0.1, 0.15) is 104 Å². The summed E-state index contributed by atoms with van der Waals surface area (Å²) in [4.78, 5) is 23.7. The Hall–Kier alpha value is -1.84. The highest BCUT2D eigenvalue weighted by Crippen LogP contribution is 2.19. The van der Waals surface area contributed by atoms with Gasteiger partial charge in [-0.2, -0.15) is 0 Å². The highest BCUT2D eigenvalue weighted by molar-refractivity contribution is 5.73. The third-order valence-electron chi connectivity index (χ3n) is 4.76. The number of carbonyl (C=O) groups excluding carboxylic acids is 2. The average molecular weight is 391 g/mol. The summed E-state index contributed by atoms with van der Waals surface area (Å²) in [6.07, 6.45) is 14.6. The van der Waals surface area contributed by atoms with Crippen LogP contribution in [0.2, 0.25) is 0 Å². The highest BCUT2D eigenvalue weighted by Gasteiger charge is 2.07. The van der Waals surface area contributed by atoms with Crippen LogP contribution in [0, 0.1) is 0 Å². The van der Waals surface area contributed by atoms with E-state index in [1.54, 1.807) is 24.3 Å². The van der Waals surface area contributed by atoms with Gasteiger partial charge in [-0.25, -0.2) is 0 Å². The zero-order valence-corrected chi connectivity index (χ0v) is 17.8. The van der Waals surface area contributed by atoms with E-state index >= 15 is 0 Å². The van der Waals surface area contributed by atoms with Crippen LogP contribution in [0.15, 0.2) is 24.3 Å². The lowest BCUT2D eigenvalue weighted by Crippen LogP contribution is -2.09. The molecule has 4 nitrogen and oxygen atoms in total. The fraction of sp³-hybridized carbons (Fsp3) is 0.667. The largest absolute Gasteiger partial charge is 0.427 e. The molecule has 1 aromatic rings. The van der Waals surface area contributed by atoms with E-state index in [0.29, 0.717) is 24.3 Å². The fourth-order valence-electron chi connectivity index (χ4n) is 3.04. The minimum Gasteiger partial charge on any atom is -0.427 e. The lowest BCUT2D eigenvalue weighted by atomic mass is 10.1. The van der Waals surface area contributed by atoms with Gasteiger partial charge in [-0.3, -0.25) is 9.59 Å². The van der Waals surface area contributed by atoms with E-state index in [4.69, 9.17) is 9.47 Å². The van der Waals surface area contributed by atoms with Crippen molar-refractivity contribution >= 4 is 11.9 Å². The molecule has 0 heterocycles. The van der Waals surface area contributed by atoms with Gasteiger partial charge in [0.15, 0.2) is 0 Å². The highest BCUT2D eigenvalue weighted by atomic mass is 16.5. The number of esters is 2. The molecular formula is C24H38O4. The molecule has 0 saturated carbocycles. The molecule has 0 aromatic heterocycles. The van der Waals surface area contributed by atoms with Crippen LogP contribution < -0.4 is 9.47 Å². The first-order valence-corrected chi connectivity index (χ1v) is 11.2. The Bertz CT molecular complexity index is 487. The van der Waals surface area contributed by atoms with Gasteiger partial charge in [-0.1, -0.05) is 78.1 Å². The Morgan fingerprint density at radius 2 is 0.893 bits per heavy atom. The number of hydrogen-bond acceptors (Lipinski definition) is 4. The first-order valence-electron chi connectivity index (χ1n) is 11.2. The molecule has 0 fully saturated rings. The van der Waals surface area contributed by atoms with Gasteiger partial charge in [0.25, 0.3) is 0 Å². The van der Waals surface area contributed by atoms with E-state index in [-0.39, 0.29) is 11.9 Å². The molecule has 0 spiro atoms. The summed E-state index contributed by atoms with van der Waals surface area (Å²) in [6, 6.07) is 6.69. The van der Waals surface area contributed by atoms with E-state index in [0.717, 1.165) is 25.7 Å². The number of benzene rings is 1. The Balaban J connectivity index is 2.18. The predicted molar refractivity (Wildman–Crippen MR) is 114 cm³/mol. The Kier molecular flexibility index (Phi) is 14.0. The van der Waals surface area contributed by atoms with Crippen LogP contribution in [0.5, 0.6) is 11.5 Å². The lowest BCUT2D eigenvalue weighted by Gasteiger charge is -2.07. The molecule has 4 heteroatoms. The topological polar surface area (TPSA) is 52.6 Å². The van der Waals surface area contributed by atoms with Gasteiger partial charge in [0.05, 0.1) is 0 Å². The number of hydrogen-bond donors (Lipinski definition) is 0. The minimum absolute atomic E-state index is 0.205. The van der Waals surface area contributed by atoms with Gasteiger partial charge < -0.3 is 9.47 Å². The molecule has 0 aliphatic heterocycles. The van der Waals surface area contributed by atoms with Gasteiger partial charge in [-0.05, 0) is 37.1 Å². The van der Waals surface area contributed by atoms with Crippen molar-refractivity contribution in [2.45, 2.75) is 104 Å². The lowest BCUT2D eigenvalue weighted by molar-refractivity contribution is -0.135. The van der Waals surface area contributed by atoms with E-state index < -0.39 is 0 Å². The van der Waals surface area contributed by atoms with Crippen LogP contribution in [0.25, 0.3) is 0 Å². The van der Waals surface area contributed by atoms with Crippen LogP contribution in [0.4, 0.5) is 0 Å². The molecule has 0 bridgehead atoms. The summed E-state index contributed by atoms with van der Waals surface area (Å²) < 4.78 is 10.7. The normalized spacial score (nSPS) is 10.6. The maximum absolute atomic E-state index is 11.9. The van der Waals surface area contributed by atoms with Crippen LogP contribution in [-0.4, -0.2) is 11.9 Å². The Morgan fingerprint density at radius 1 is 0.571 bits per heavy atom. The van der Waals surface area contributed by atoms with Crippen molar-refractivity contribution in [3.63, 3.8) is 0 Å². The van der Waals surface area contributed by atoms with Crippen LogP contribution >= 0.6 is 0 Å². The van der Waals surface area contributed by atoms with Crippen molar-refractivity contribution in [1.82, 2.24) is 0 Å². The first-order chi connectivity index (χ1) is 13.7. The predicted octanol–water partition coefficient (Wildman–Crippen LogP) is 7.00. The zero-order valence-electron chi connectivity index (χ0n) is 17.8.